The molecule has 2 amide bonds. The number of nitrogens with zero attached hydrogens (tertiary/aromatic N) is 2. The zero-order chi connectivity index (χ0) is 21.5. The number of carbonyl (C=O) groups is 2. The molecule has 1 aliphatic heterocycles. The van der Waals surface area contributed by atoms with E-state index in [2.05, 4.69) is 39.8 Å². The molecular weight excluding hydrogens is 380 g/mol. The van der Waals surface area contributed by atoms with Crippen LogP contribution in [0.3, 0.4) is 0 Å². The molecule has 1 fully saturated rings. The lowest BCUT2D eigenvalue weighted by Gasteiger charge is -2.32. The lowest BCUT2D eigenvalue weighted by Crippen LogP contribution is -2.41. The van der Waals surface area contributed by atoms with Gasteiger partial charge in [-0.3, -0.25) is 9.59 Å². The van der Waals surface area contributed by atoms with Crippen LogP contribution in [0.5, 0.6) is 5.75 Å². The molecule has 1 aromatic rings. The van der Waals surface area contributed by atoms with Crippen LogP contribution in [0, 0.1) is 0 Å². The molecule has 0 bridgehead atoms. The molecule has 2 N–H and O–H groups in total. The van der Waals surface area contributed by atoms with E-state index in [1.807, 2.05) is 12.2 Å². The lowest BCUT2D eigenvalue weighted by atomic mass is 10.1. The van der Waals surface area contributed by atoms with Crippen LogP contribution in [0.25, 0.3) is 0 Å². The van der Waals surface area contributed by atoms with Gasteiger partial charge in [-0.2, -0.15) is 0 Å². The van der Waals surface area contributed by atoms with Crippen molar-refractivity contribution in [1.82, 2.24) is 15.1 Å². The molecule has 1 aliphatic carbocycles. The van der Waals surface area contributed by atoms with Crippen molar-refractivity contribution < 1.29 is 14.3 Å². The predicted molar refractivity (Wildman–Crippen MR) is 118 cm³/mol. The van der Waals surface area contributed by atoms with Gasteiger partial charge in [0, 0.05) is 50.1 Å². The van der Waals surface area contributed by atoms with Crippen LogP contribution in [-0.2, 0) is 4.79 Å². The van der Waals surface area contributed by atoms with Gasteiger partial charge in [-0.15, -0.1) is 0 Å². The van der Waals surface area contributed by atoms with E-state index in [0.29, 0.717) is 23.4 Å². The van der Waals surface area contributed by atoms with E-state index in [1.165, 1.54) is 12.7 Å². The van der Waals surface area contributed by atoms with Gasteiger partial charge in [0.1, 0.15) is 5.75 Å². The lowest BCUT2D eigenvalue weighted by molar-refractivity contribution is -0.115. The summed E-state index contributed by atoms with van der Waals surface area (Å²) in [5, 5.41) is 5.70. The Morgan fingerprint density at radius 3 is 2.53 bits per heavy atom. The van der Waals surface area contributed by atoms with Crippen molar-refractivity contribution in [2.45, 2.75) is 19.8 Å². The Kier molecular flexibility index (Phi) is 7.30. The summed E-state index contributed by atoms with van der Waals surface area (Å²) < 4.78 is 5.27. The molecule has 1 saturated heterocycles. The van der Waals surface area contributed by atoms with Crippen LogP contribution in [-0.4, -0.2) is 62.0 Å². The molecule has 0 atom stereocenters. The molecule has 160 valence electrons. The Hall–Kier alpha value is -3.06. The zero-order valence-electron chi connectivity index (χ0n) is 17.9. The zero-order valence-corrected chi connectivity index (χ0v) is 17.9. The predicted octanol–water partition coefficient (Wildman–Crippen LogP) is 2.75. The Bertz CT molecular complexity index is 880. The highest BCUT2D eigenvalue weighted by Crippen LogP contribution is 2.26. The van der Waals surface area contributed by atoms with Crippen molar-refractivity contribution >= 4 is 17.5 Å². The monoisotopic (exact) mass is 410 g/mol. The molecule has 7 heteroatoms. The Morgan fingerprint density at radius 1 is 1.13 bits per heavy atom. The van der Waals surface area contributed by atoms with Crippen LogP contribution in [0.15, 0.2) is 53.9 Å². The van der Waals surface area contributed by atoms with Gasteiger partial charge in [0.05, 0.1) is 12.8 Å². The summed E-state index contributed by atoms with van der Waals surface area (Å²) in [4.78, 5) is 29.1. The van der Waals surface area contributed by atoms with Crippen molar-refractivity contribution in [2.75, 3.05) is 45.7 Å². The number of nitrogens with one attached hydrogen (secondary N) is 2. The molecular formula is C23H30N4O3. The number of allylic oxidation sites excluding steroid dienone is 4. The van der Waals surface area contributed by atoms with Gasteiger partial charge in [0.25, 0.3) is 5.91 Å². The number of carbonyl (C=O) groups excluding carboxylic acids is 2. The summed E-state index contributed by atoms with van der Waals surface area (Å²) in [7, 11) is 3.67. The third-order valence-corrected chi connectivity index (χ3v) is 5.24. The number of methoxy groups -OCH3 is 1. The van der Waals surface area contributed by atoms with Gasteiger partial charge in [0.15, 0.2) is 0 Å². The molecule has 3 rings (SSSR count). The van der Waals surface area contributed by atoms with E-state index in [1.54, 1.807) is 25.1 Å². The first-order valence-corrected chi connectivity index (χ1v) is 10.3. The standard InChI is InChI=1S/C23H30N4O3/c1-4-22(28)25-20-15-18(7-10-21(20)30-3)23(29)24-19-8-5-17(6-9-19)16-27-13-11-26(2)12-14-27/h5,7-10,15-16H,4,6,11-14H2,1-3H3,(H,24,29)(H,25,28). The van der Waals surface area contributed by atoms with Gasteiger partial charge >= 0.3 is 0 Å². The average Bonchev–Trinajstić information content (AvgIpc) is 2.76. The molecule has 1 heterocycles. The second kappa shape index (κ2) is 10.1. The number of benzene rings is 1. The fraction of sp³-hybridized carbons (Fsp3) is 0.391. The summed E-state index contributed by atoms with van der Waals surface area (Å²) in [6.07, 6.45) is 9.33. The van der Waals surface area contributed by atoms with Gasteiger partial charge in [-0.25, -0.2) is 0 Å². The van der Waals surface area contributed by atoms with Crippen LogP contribution in [0.4, 0.5) is 5.69 Å². The summed E-state index contributed by atoms with van der Waals surface area (Å²) in [6, 6.07) is 5.00. The first kappa shape index (κ1) is 21.6. The minimum absolute atomic E-state index is 0.136. The van der Waals surface area contributed by atoms with Gasteiger partial charge in [-0.05, 0) is 43.3 Å². The maximum absolute atomic E-state index is 12.7. The van der Waals surface area contributed by atoms with Crippen molar-refractivity contribution in [1.29, 1.82) is 0 Å². The van der Waals surface area contributed by atoms with Crippen LogP contribution in [0.1, 0.15) is 30.1 Å². The maximum atomic E-state index is 12.7. The topological polar surface area (TPSA) is 73.9 Å². The van der Waals surface area contributed by atoms with Gasteiger partial charge < -0.3 is 25.2 Å². The van der Waals surface area contributed by atoms with E-state index < -0.39 is 0 Å². The summed E-state index contributed by atoms with van der Waals surface area (Å²) >= 11 is 0. The first-order chi connectivity index (χ1) is 14.5. The highest BCUT2D eigenvalue weighted by molar-refractivity contribution is 5.99. The summed E-state index contributed by atoms with van der Waals surface area (Å²) in [6.45, 7) is 6.00. The van der Waals surface area contributed by atoms with E-state index >= 15 is 0 Å². The van der Waals surface area contributed by atoms with Gasteiger partial charge in [0.2, 0.25) is 5.91 Å². The molecule has 0 spiro atoms. The van der Waals surface area contributed by atoms with E-state index in [9.17, 15) is 9.59 Å². The Balaban J connectivity index is 1.61. The molecule has 7 nitrogen and oxygen atoms in total. The quantitative estimate of drug-likeness (QED) is 0.754. The number of amides is 2. The van der Waals surface area contributed by atoms with Gasteiger partial charge in [-0.1, -0.05) is 19.1 Å². The Labute approximate surface area is 178 Å². The number of hydrogen-bond acceptors (Lipinski definition) is 5. The number of rotatable bonds is 6. The van der Waals surface area contributed by atoms with Crippen molar-refractivity contribution in [2.24, 2.45) is 0 Å². The summed E-state index contributed by atoms with van der Waals surface area (Å²) in [5.74, 6) is 0.152. The highest BCUT2D eigenvalue weighted by Gasteiger charge is 2.14. The fourth-order valence-electron chi connectivity index (χ4n) is 3.32. The third-order valence-electron chi connectivity index (χ3n) is 5.24. The number of anilines is 1. The normalized spacial score (nSPS) is 18.2. The number of hydrogen-bond donors (Lipinski definition) is 2. The molecule has 0 aromatic heterocycles. The Morgan fingerprint density at radius 2 is 1.90 bits per heavy atom. The molecule has 2 aliphatic rings. The van der Waals surface area contributed by atoms with Crippen LogP contribution < -0.4 is 15.4 Å². The van der Waals surface area contributed by atoms with Crippen molar-refractivity contribution in [3.63, 3.8) is 0 Å². The third kappa shape index (κ3) is 5.73. The average molecular weight is 411 g/mol. The van der Waals surface area contributed by atoms with Crippen LogP contribution >= 0.6 is 0 Å². The minimum atomic E-state index is -0.230. The number of piperazine rings is 1. The maximum Gasteiger partial charge on any atom is 0.255 e. The SMILES string of the molecule is CCC(=O)Nc1cc(C(=O)NC2=CCC(=CN3CCN(C)CC3)C=C2)ccc1OC. The molecule has 0 unspecified atom stereocenters. The van der Waals surface area contributed by atoms with E-state index in [0.717, 1.165) is 38.3 Å². The molecule has 1 aromatic carbocycles. The van der Waals surface area contributed by atoms with Crippen molar-refractivity contribution in [3.8, 4) is 5.75 Å². The highest BCUT2D eigenvalue weighted by atomic mass is 16.5. The van der Waals surface area contributed by atoms with Crippen molar-refractivity contribution in [3.05, 3.63) is 59.5 Å². The summed E-state index contributed by atoms with van der Waals surface area (Å²) in [5.41, 5.74) is 2.94. The number of likely N-dealkylation sites (N-methyl/N-ethyl adjacent to an activating group) is 1. The number of ether oxygens (including phenoxy) is 1. The van der Waals surface area contributed by atoms with E-state index in [4.69, 9.17) is 4.74 Å². The molecule has 0 radical (unpaired) electrons. The second-order valence-electron chi connectivity index (χ2n) is 7.51. The minimum Gasteiger partial charge on any atom is -0.495 e. The smallest absolute Gasteiger partial charge is 0.255 e. The fourth-order valence-corrected chi connectivity index (χ4v) is 3.32. The molecule has 30 heavy (non-hydrogen) atoms. The second-order valence-corrected chi connectivity index (χ2v) is 7.51. The van der Waals surface area contributed by atoms with E-state index in [-0.39, 0.29) is 11.8 Å². The largest absolute Gasteiger partial charge is 0.495 e. The molecule has 0 saturated carbocycles. The first-order valence-electron chi connectivity index (χ1n) is 10.3. The van der Waals surface area contributed by atoms with Crippen LogP contribution in [0.2, 0.25) is 0 Å².